The maximum atomic E-state index is 6.18. The molecule has 0 aliphatic heterocycles. The van der Waals surface area contributed by atoms with Gasteiger partial charge in [-0.15, -0.1) is 0 Å². The van der Waals surface area contributed by atoms with E-state index in [1.807, 2.05) is 0 Å². The van der Waals surface area contributed by atoms with Gasteiger partial charge < -0.3 is 10.5 Å². The first-order valence-corrected chi connectivity index (χ1v) is 8.57. The van der Waals surface area contributed by atoms with Crippen molar-refractivity contribution in [3.63, 3.8) is 0 Å². The van der Waals surface area contributed by atoms with Gasteiger partial charge in [0, 0.05) is 17.5 Å². The van der Waals surface area contributed by atoms with Crippen LogP contribution >= 0.6 is 15.9 Å². The highest BCUT2D eigenvalue weighted by Crippen LogP contribution is 2.47. The largest absolute Gasteiger partial charge is 0.492 e. The number of benzene rings is 1. The van der Waals surface area contributed by atoms with Gasteiger partial charge in [0.05, 0.1) is 11.1 Å². The van der Waals surface area contributed by atoms with Gasteiger partial charge in [-0.1, -0.05) is 18.9 Å². The fourth-order valence-corrected chi connectivity index (χ4v) is 4.08. The molecular formula is C17H24BrNO. The smallest absolute Gasteiger partial charge is 0.137 e. The Morgan fingerprint density at radius 2 is 2.00 bits per heavy atom. The van der Waals surface area contributed by atoms with Crippen molar-refractivity contribution in [3.05, 3.63) is 27.7 Å². The van der Waals surface area contributed by atoms with Crippen LogP contribution in [0.2, 0.25) is 0 Å². The fraction of sp³-hybridized carbons (Fsp3) is 0.647. The van der Waals surface area contributed by atoms with Crippen LogP contribution in [0, 0.1) is 12.8 Å². The minimum Gasteiger partial charge on any atom is -0.492 e. The molecule has 2 saturated carbocycles. The standard InChI is InChI=1S/C17H24BrNO/c1-12-8-14(17(11-19)6-2-3-7-17)16(15(18)9-12)20-10-13-4-5-13/h8-9,13H,2-7,10-11,19H2,1H3. The molecule has 2 N–H and O–H groups in total. The normalized spacial score (nSPS) is 21.1. The highest BCUT2D eigenvalue weighted by molar-refractivity contribution is 9.10. The summed E-state index contributed by atoms with van der Waals surface area (Å²) in [5.41, 5.74) is 8.92. The number of aryl methyl sites for hydroxylation is 1. The summed E-state index contributed by atoms with van der Waals surface area (Å²) in [6.07, 6.45) is 7.59. The SMILES string of the molecule is Cc1cc(Br)c(OCC2CC2)c(C2(CN)CCCC2)c1. The predicted molar refractivity (Wildman–Crippen MR) is 86.3 cm³/mol. The third-order valence-corrected chi connectivity index (χ3v) is 5.46. The van der Waals surface area contributed by atoms with E-state index >= 15 is 0 Å². The third kappa shape index (κ3) is 2.75. The lowest BCUT2D eigenvalue weighted by atomic mass is 9.78. The Bertz CT molecular complexity index is 490. The predicted octanol–water partition coefficient (Wildman–Crippen LogP) is 4.32. The molecule has 110 valence electrons. The molecule has 20 heavy (non-hydrogen) atoms. The maximum absolute atomic E-state index is 6.18. The molecule has 0 spiro atoms. The zero-order valence-electron chi connectivity index (χ0n) is 12.3. The quantitative estimate of drug-likeness (QED) is 0.868. The molecule has 0 radical (unpaired) electrons. The van der Waals surface area contributed by atoms with E-state index in [0.717, 1.165) is 29.3 Å². The van der Waals surface area contributed by atoms with Gasteiger partial charge in [-0.05, 0) is 66.1 Å². The summed E-state index contributed by atoms with van der Waals surface area (Å²) in [5, 5.41) is 0. The van der Waals surface area contributed by atoms with Crippen LogP contribution in [0.4, 0.5) is 0 Å². The first-order chi connectivity index (χ1) is 9.64. The van der Waals surface area contributed by atoms with E-state index in [2.05, 4.69) is 35.0 Å². The lowest BCUT2D eigenvalue weighted by Crippen LogP contribution is -2.32. The van der Waals surface area contributed by atoms with E-state index in [1.165, 1.54) is 49.7 Å². The Morgan fingerprint density at radius 3 is 2.60 bits per heavy atom. The second-order valence-corrected chi connectivity index (χ2v) is 7.42. The van der Waals surface area contributed by atoms with Gasteiger partial charge in [0.25, 0.3) is 0 Å². The highest BCUT2D eigenvalue weighted by Gasteiger charge is 2.37. The number of nitrogens with two attached hydrogens (primary N) is 1. The summed E-state index contributed by atoms with van der Waals surface area (Å²) in [4.78, 5) is 0. The summed E-state index contributed by atoms with van der Waals surface area (Å²) < 4.78 is 7.27. The maximum Gasteiger partial charge on any atom is 0.137 e. The first kappa shape index (κ1) is 14.4. The van der Waals surface area contributed by atoms with Crippen molar-refractivity contribution in [2.45, 2.75) is 50.9 Å². The average Bonchev–Trinajstić information content (AvgIpc) is 3.12. The lowest BCUT2D eigenvalue weighted by molar-refractivity contribution is 0.285. The van der Waals surface area contributed by atoms with Gasteiger partial charge in [-0.3, -0.25) is 0 Å². The van der Waals surface area contributed by atoms with Crippen LogP contribution in [0.5, 0.6) is 5.75 Å². The summed E-state index contributed by atoms with van der Waals surface area (Å²) >= 11 is 3.70. The third-order valence-electron chi connectivity index (χ3n) is 4.87. The van der Waals surface area contributed by atoms with E-state index in [1.54, 1.807) is 0 Å². The Hall–Kier alpha value is -0.540. The van der Waals surface area contributed by atoms with E-state index in [9.17, 15) is 0 Å². The van der Waals surface area contributed by atoms with Gasteiger partial charge in [0.15, 0.2) is 0 Å². The molecule has 3 heteroatoms. The number of hydrogen-bond acceptors (Lipinski definition) is 2. The molecule has 1 aromatic rings. The summed E-state index contributed by atoms with van der Waals surface area (Å²) in [6, 6.07) is 4.45. The van der Waals surface area contributed by atoms with Crippen LogP contribution in [-0.2, 0) is 5.41 Å². The second kappa shape index (κ2) is 5.69. The van der Waals surface area contributed by atoms with Crippen LogP contribution in [0.15, 0.2) is 16.6 Å². The molecule has 1 aromatic carbocycles. The zero-order valence-corrected chi connectivity index (χ0v) is 13.8. The van der Waals surface area contributed by atoms with Crippen molar-refractivity contribution >= 4 is 15.9 Å². The molecule has 0 bridgehead atoms. The minimum atomic E-state index is 0.132. The van der Waals surface area contributed by atoms with Crippen molar-refractivity contribution < 1.29 is 4.74 Å². The molecule has 3 rings (SSSR count). The van der Waals surface area contributed by atoms with Crippen LogP contribution in [0.25, 0.3) is 0 Å². The Labute approximate surface area is 130 Å². The Kier molecular flexibility index (Phi) is 4.09. The van der Waals surface area contributed by atoms with E-state index in [0.29, 0.717) is 0 Å². The number of halogens is 1. The van der Waals surface area contributed by atoms with Crippen LogP contribution in [-0.4, -0.2) is 13.2 Å². The van der Waals surface area contributed by atoms with Crippen molar-refractivity contribution in [1.29, 1.82) is 0 Å². The molecule has 2 nitrogen and oxygen atoms in total. The lowest BCUT2D eigenvalue weighted by Gasteiger charge is -2.31. The van der Waals surface area contributed by atoms with Crippen LogP contribution in [0.3, 0.4) is 0 Å². The Morgan fingerprint density at radius 1 is 1.30 bits per heavy atom. The van der Waals surface area contributed by atoms with Gasteiger partial charge in [0.2, 0.25) is 0 Å². The molecule has 2 fully saturated rings. The summed E-state index contributed by atoms with van der Waals surface area (Å²) in [5.74, 6) is 1.82. The molecule has 0 heterocycles. The summed E-state index contributed by atoms with van der Waals surface area (Å²) in [6.45, 7) is 3.73. The van der Waals surface area contributed by atoms with E-state index in [4.69, 9.17) is 10.5 Å². The van der Waals surface area contributed by atoms with Gasteiger partial charge >= 0.3 is 0 Å². The molecule has 0 unspecified atom stereocenters. The van der Waals surface area contributed by atoms with Gasteiger partial charge in [0.1, 0.15) is 5.75 Å². The Balaban J connectivity index is 1.97. The summed E-state index contributed by atoms with van der Waals surface area (Å²) in [7, 11) is 0. The highest BCUT2D eigenvalue weighted by atomic mass is 79.9. The monoisotopic (exact) mass is 337 g/mol. The molecular weight excluding hydrogens is 314 g/mol. The fourth-order valence-electron chi connectivity index (χ4n) is 3.39. The topological polar surface area (TPSA) is 35.2 Å². The average molecular weight is 338 g/mol. The molecule has 0 aromatic heterocycles. The number of rotatable bonds is 5. The van der Waals surface area contributed by atoms with Crippen molar-refractivity contribution in [1.82, 2.24) is 0 Å². The number of ether oxygens (including phenoxy) is 1. The second-order valence-electron chi connectivity index (χ2n) is 6.57. The molecule has 0 saturated heterocycles. The van der Waals surface area contributed by atoms with Crippen LogP contribution in [0.1, 0.15) is 49.7 Å². The first-order valence-electron chi connectivity index (χ1n) is 7.78. The van der Waals surface area contributed by atoms with Crippen LogP contribution < -0.4 is 10.5 Å². The molecule has 2 aliphatic carbocycles. The molecule has 0 atom stereocenters. The molecule has 0 amide bonds. The van der Waals surface area contributed by atoms with Gasteiger partial charge in [-0.25, -0.2) is 0 Å². The van der Waals surface area contributed by atoms with Crippen molar-refractivity contribution in [2.75, 3.05) is 13.2 Å². The zero-order chi connectivity index (χ0) is 14.2. The van der Waals surface area contributed by atoms with Crippen molar-refractivity contribution in [3.8, 4) is 5.75 Å². The minimum absolute atomic E-state index is 0.132. The van der Waals surface area contributed by atoms with Gasteiger partial charge in [-0.2, -0.15) is 0 Å². The van der Waals surface area contributed by atoms with Crippen molar-refractivity contribution in [2.24, 2.45) is 11.7 Å². The van der Waals surface area contributed by atoms with E-state index in [-0.39, 0.29) is 5.41 Å². The van der Waals surface area contributed by atoms with E-state index < -0.39 is 0 Å². The number of hydrogen-bond donors (Lipinski definition) is 1. The molecule has 2 aliphatic rings.